The number of hydrogen-bond donors (Lipinski definition) is 2. The highest BCUT2D eigenvalue weighted by Crippen LogP contribution is 2.31. The molecule has 2 rings (SSSR count). The summed E-state index contributed by atoms with van der Waals surface area (Å²) in [4.78, 5) is 15.8. The normalized spacial score (nSPS) is 10.3. The number of nitrogen functional groups attached to an aromatic ring is 1. The van der Waals surface area contributed by atoms with Gasteiger partial charge in [0.25, 0.3) is 0 Å². The fourth-order valence-corrected chi connectivity index (χ4v) is 2.56. The second-order valence-electron chi connectivity index (χ2n) is 3.76. The van der Waals surface area contributed by atoms with E-state index in [1.165, 1.54) is 18.3 Å². The van der Waals surface area contributed by atoms with Crippen LogP contribution in [0.1, 0.15) is 16.6 Å². The van der Waals surface area contributed by atoms with Crippen molar-refractivity contribution in [3.8, 4) is 5.75 Å². The summed E-state index contributed by atoms with van der Waals surface area (Å²) in [6, 6.07) is 5.26. The molecule has 1 heterocycles. The second-order valence-corrected chi connectivity index (χ2v) is 5.17. The Bertz CT molecular complexity index is 627. The third kappa shape index (κ3) is 2.97. The van der Waals surface area contributed by atoms with Crippen molar-refractivity contribution < 1.29 is 9.53 Å². The number of rotatable bonds is 4. The summed E-state index contributed by atoms with van der Waals surface area (Å²) < 4.78 is 5.07. The number of carbonyl (C=O) groups excluding carboxylic acids is 1. The molecular formula is C12H12ClN3O2S. The topological polar surface area (TPSA) is 77.2 Å². The van der Waals surface area contributed by atoms with Crippen LogP contribution < -0.4 is 15.8 Å². The highest BCUT2D eigenvalue weighted by atomic mass is 35.5. The molecule has 100 valence electrons. The van der Waals surface area contributed by atoms with E-state index in [2.05, 4.69) is 10.3 Å². The molecule has 1 aromatic carbocycles. The fourth-order valence-electron chi connectivity index (χ4n) is 1.51. The molecule has 0 unspecified atom stereocenters. The van der Waals surface area contributed by atoms with Gasteiger partial charge in [-0.25, -0.2) is 4.98 Å². The summed E-state index contributed by atoms with van der Waals surface area (Å²) in [7, 11) is 1.55. The summed E-state index contributed by atoms with van der Waals surface area (Å²) in [6.45, 7) is 1.46. The van der Waals surface area contributed by atoms with Crippen LogP contribution in [0.3, 0.4) is 0 Å². The van der Waals surface area contributed by atoms with Crippen LogP contribution in [-0.4, -0.2) is 17.9 Å². The van der Waals surface area contributed by atoms with Gasteiger partial charge in [0, 0.05) is 12.6 Å². The van der Waals surface area contributed by atoms with Crippen LogP contribution >= 0.6 is 22.9 Å². The third-order valence-corrected chi connectivity index (χ3v) is 3.76. The van der Waals surface area contributed by atoms with Crippen molar-refractivity contribution in [3.63, 3.8) is 0 Å². The molecule has 0 saturated heterocycles. The van der Waals surface area contributed by atoms with Gasteiger partial charge in [-0.15, -0.1) is 0 Å². The van der Waals surface area contributed by atoms with Crippen molar-refractivity contribution >= 4 is 45.4 Å². The van der Waals surface area contributed by atoms with Crippen molar-refractivity contribution in [2.75, 3.05) is 18.2 Å². The number of thiazole rings is 1. The van der Waals surface area contributed by atoms with Crippen LogP contribution in [0.2, 0.25) is 5.02 Å². The zero-order valence-electron chi connectivity index (χ0n) is 10.4. The number of methoxy groups -OCH3 is 1. The molecule has 0 radical (unpaired) electrons. The monoisotopic (exact) mass is 297 g/mol. The number of nitrogens with zero attached hydrogens (tertiary/aromatic N) is 1. The number of ether oxygens (including phenoxy) is 1. The zero-order valence-corrected chi connectivity index (χ0v) is 11.9. The van der Waals surface area contributed by atoms with E-state index in [4.69, 9.17) is 22.1 Å². The maximum atomic E-state index is 11.3. The Morgan fingerprint density at radius 3 is 2.79 bits per heavy atom. The Morgan fingerprint density at radius 1 is 1.53 bits per heavy atom. The van der Waals surface area contributed by atoms with E-state index in [0.717, 1.165) is 5.69 Å². The Balaban J connectivity index is 2.24. The van der Waals surface area contributed by atoms with Gasteiger partial charge in [0.05, 0.1) is 12.1 Å². The lowest BCUT2D eigenvalue weighted by Gasteiger charge is -2.06. The number of aromatic nitrogens is 1. The summed E-state index contributed by atoms with van der Waals surface area (Å²) in [5, 5.41) is 4.08. The van der Waals surface area contributed by atoms with E-state index in [9.17, 15) is 4.79 Å². The predicted molar refractivity (Wildman–Crippen MR) is 77.8 cm³/mol. The SMILES string of the molecule is COc1ccc(Nc2nc(N)c(C(C)=O)s2)cc1Cl. The van der Waals surface area contributed by atoms with Gasteiger partial charge in [-0.1, -0.05) is 22.9 Å². The first-order valence-electron chi connectivity index (χ1n) is 5.39. The number of ketones is 1. The first-order chi connectivity index (χ1) is 9.01. The molecule has 19 heavy (non-hydrogen) atoms. The number of anilines is 3. The van der Waals surface area contributed by atoms with E-state index in [1.807, 2.05) is 0 Å². The smallest absolute Gasteiger partial charge is 0.189 e. The van der Waals surface area contributed by atoms with Crippen molar-refractivity contribution in [2.24, 2.45) is 0 Å². The standard InChI is InChI=1S/C12H12ClN3O2S/c1-6(17)10-11(14)16-12(19-10)15-7-3-4-9(18-2)8(13)5-7/h3-5H,14H2,1-2H3,(H,15,16). The number of halogens is 1. The lowest BCUT2D eigenvalue weighted by atomic mass is 10.3. The van der Waals surface area contributed by atoms with E-state index in [0.29, 0.717) is 20.8 Å². The number of Topliss-reactive ketones (excluding diaryl/α,β-unsaturated/α-hetero) is 1. The molecular weight excluding hydrogens is 286 g/mol. The molecule has 0 spiro atoms. The average molecular weight is 298 g/mol. The Labute approximate surface area is 119 Å². The predicted octanol–water partition coefficient (Wildman–Crippen LogP) is 3.33. The fraction of sp³-hybridized carbons (Fsp3) is 0.167. The van der Waals surface area contributed by atoms with Gasteiger partial charge in [0.1, 0.15) is 16.4 Å². The summed E-state index contributed by atoms with van der Waals surface area (Å²) >= 11 is 7.23. The quantitative estimate of drug-likeness (QED) is 0.846. The van der Waals surface area contributed by atoms with Gasteiger partial charge < -0.3 is 15.8 Å². The highest BCUT2D eigenvalue weighted by Gasteiger charge is 2.12. The molecule has 0 bridgehead atoms. The lowest BCUT2D eigenvalue weighted by molar-refractivity contribution is 0.102. The van der Waals surface area contributed by atoms with Gasteiger partial charge >= 0.3 is 0 Å². The molecule has 0 aliphatic carbocycles. The zero-order chi connectivity index (χ0) is 14.0. The minimum absolute atomic E-state index is 0.101. The minimum Gasteiger partial charge on any atom is -0.495 e. The Hall–Kier alpha value is -1.79. The molecule has 3 N–H and O–H groups in total. The Kier molecular flexibility index (Phi) is 3.92. The van der Waals surface area contributed by atoms with Crippen LogP contribution in [-0.2, 0) is 0 Å². The maximum absolute atomic E-state index is 11.3. The van der Waals surface area contributed by atoms with E-state index in [1.54, 1.807) is 25.3 Å². The molecule has 1 aromatic heterocycles. The van der Waals surface area contributed by atoms with Gasteiger partial charge in [0.15, 0.2) is 10.9 Å². The number of nitrogens with one attached hydrogen (secondary N) is 1. The van der Waals surface area contributed by atoms with Crippen LogP contribution in [0.25, 0.3) is 0 Å². The second kappa shape index (κ2) is 5.46. The Morgan fingerprint density at radius 2 is 2.26 bits per heavy atom. The van der Waals surface area contributed by atoms with Crippen molar-refractivity contribution in [1.82, 2.24) is 4.98 Å². The molecule has 0 aliphatic rings. The molecule has 0 fully saturated rings. The summed E-state index contributed by atoms with van der Waals surface area (Å²) in [5.41, 5.74) is 6.41. The molecule has 0 aliphatic heterocycles. The van der Waals surface area contributed by atoms with Gasteiger partial charge in [0.2, 0.25) is 0 Å². The summed E-state index contributed by atoms with van der Waals surface area (Å²) in [6.07, 6.45) is 0. The molecule has 2 aromatic rings. The number of carbonyl (C=O) groups is 1. The number of hydrogen-bond acceptors (Lipinski definition) is 6. The van der Waals surface area contributed by atoms with Crippen molar-refractivity contribution in [2.45, 2.75) is 6.92 Å². The van der Waals surface area contributed by atoms with Crippen LogP contribution in [0, 0.1) is 0 Å². The minimum atomic E-state index is -0.101. The molecule has 0 amide bonds. The first-order valence-corrected chi connectivity index (χ1v) is 6.58. The lowest BCUT2D eigenvalue weighted by Crippen LogP contribution is -1.95. The van der Waals surface area contributed by atoms with Crippen LogP contribution in [0.4, 0.5) is 16.6 Å². The van der Waals surface area contributed by atoms with Crippen molar-refractivity contribution in [1.29, 1.82) is 0 Å². The molecule has 7 heteroatoms. The van der Waals surface area contributed by atoms with Gasteiger partial charge in [-0.2, -0.15) is 0 Å². The maximum Gasteiger partial charge on any atom is 0.189 e. The first kappa shape index (κ1) is 13.6. The van der Waals surface area contributed by atoms with Crippen molar-refractivity contribution in [3.05, 3.63) is 28.1 Å². The molecule has 0 atom stereocenters. The van der Waals surface area contributed by atoms with Crippen LogP contribution in [0.15, 0.2) is 18.2 Å². The number of nitrogens with two attached hydrogens (primary N) is 1. The van der Waals surface area contributed by atoms with E-state index >= 15 is 0 Å². The molecule has 5 nitrogen and oxygen atoms in total. The third-order valence-electron chi connectivity index (χ3n) is 2.38. The van der Waals surface area contributed by atoms with Crippen LogP contribution in [0.5, 0.6) is 5.75 Å². The largest absolute Gasteiger partial charge is 0.495 e. The van der Waals surface area contributed by atoms with E-state index in [-0.39, 0.29) is 11.6 Å². The van der Waals surface area contributed by atoms with E-state index < -0.39 is 0 Å². The number of benzene rings is 1. The molecule has 0 saturated carbocycles. The van der Waals surface area contributed by atoms with Gasteiger partial charge in [-0.3, -0.25) is 4.79 Å². The van der Waals surface area contributed by atoms with Gasteiger partial charge in [-0.05, 0) is 18.2 Å². The highest BCUT2D eigenvalue weighted by molar-refractivity contribution is 7.18. The summed E-state index contributed by atoms with van der Waals surface area (Å²) in [5.74, 6) is 0.728. The average Bonchev–Trinajstić information content (AvgIpc) is 2.70.